The Labute approximate surface area is 180 Å². The van der Waals surface area contributed by atoms with Gasteiger partial charge in [0, 0.05) is 19.8 Å². The number of benzene rings is 2. The third-order valence-electron chi connectivity index (χ3n) is 4.24. The number of aryl methyl sites for hydroxylation is 1. The fourth-order valence-corrected chi connectivity index (χ4v) is 5.12. The highest BCUT2D eigenvalue weighted by molar-refractivity contribution is 8.04. The number of hydrogen-bond donors (Lipinski definition) is 0. The van der Waals surface area contributed by atoms with Gasteiger partial charge in [-0.25, -0.2) is 4.90 Å². The molecule has 28 heavy (non-hydrogen) atoms. The largest absolute Gasteiger partial charge is 0.272 e. The molecule has 0 unspecified atom stereocenters. The van der Waals surface area contributed by atoms with E-state index in [0.717, 1.165) is 15.3 Å². The van der Waals surface area contributed by atoms with E-state index in [0.29, 0.717) is 26.2 Å². The Morgan fingerprint density at radius 2 is 1.64 bits per heavy atom. The van der Waals surface area contributed by atoms with Crippen molar-refractivity contribution in [3.63, 3.8) is 0 Å². The summed E-state index contributed by atoms with van der Waals surface area (Å²) in [5, 5.41) is 3.06. The standard InChI is InChI=1S/C21H13Cl2NO2S2/c1-12-11-14(23)6-9-16(12)24-20(25)18(17-3-2-10-27-17)19(21(24)26)28-15-7-4-13(22)5-8-15/h2-11H,1H3. The Balaban J connectivity index is 1.80. The van der Waals surface area contributed by atoms with Crippen LogP contribution in [0.4, 0.5) is 5.69 Å². The molecule has 2 heterocycles. The summed E-state index contributed by atoms with van der Waals surface area (Å²) in [6, 6.07) is 16.0. The van der Waals surface area contributed by atoms with Gasteiger partial charge in [0.05, 0.1) is 16.2 Å². The van der Waals surface area contributed by atoms with Crippen molar-refractivity contribution in [1.29, 1.82) is 0 Å². The summed E-state index contributed by atoms with van der Waals surface area (Å²) in [6.07, 6.45) is 0. The van der Waals surface area contributed by atoms with E-state index in [1.165, 1.54) is 28.0 Å². The van der Waals surface area contributed by atoms with Crippen LogP contribution in [0, 0.1) is 6.92 Å². The molecular formula is C21H13Cl2NO2S2. The van der Waals surface area contributed by atoms with Gasteiger partial charge in [-0.1, -0.05) is 41.0 Å². The molecule has 2 aromatic carbocycles. The first kappa shape index (κ1) is 19.3. The third-order valence-corrected chi connectivity index (χ3v) is 6.71. The maximum atomic E-state index is 13.3. The van der Waals surface area contributed by atoms with Crippen LogP contribution in [0.15, 0.2) is 69.8 Å². The van der Waals surface area contributed by atoms with Crippen LogP contribution in [0.25, 0.3) is 5.57 Å². The number of nitrogens with zero attached hydrogens (tertiary/aromatic N) is 1. The zero-order valence-electron chi connectivity index (χ0n) is 14.6. The molecule has 3 aromatic rings. The molecule has 0 spiro atoms. The maximum absolute atomic E-state index is 13.3. The minimum absolute atomic E-state index is 0.325. The zero-order chi connectivity index (χ0) is 19.8. The number of anilines is 1. The topological polar surface area (TPSA) is 37.4 Å². The minimum Gasteiger partial charge on any atom is -0.268 e. The van der Waals surface area contributed by atoms with Crippen LogP contribution in [-0.2, 0) is 9.59 Å². The van der Waals surface area contributed by atoms with Crippen molar-refractivity contribution >= 4 is 69.4 Å². The molecule has 0 saturated carbocycles. The number of carbonyl (C=O) groups excluding carboxylic acids is 2. The summed E-state index contributed by atoms with van der Waals surface area (Å²) in [6.45, 7) is 1.83. The van der Waals surface area contributed by atoms with Crippen LogP contribution in [0.5, 0.6) is 0 Å². The van der Waals surface area contributed by atoms with Crippen molar-refractivity contribution < 1.29 is 9.59 Å². The number of carbonyl (C=O) groups is 2. The van der Waals surface area contributed by atoms with Crippen molar-refractivity contribution in [3.8, 4) is 0 Å². The van der Waals surface area contributed by atoms with Gasteiger partial charge in [0.2, 0.25) is 0 Å². The van der Waals surface area contributed by atoms with E-state index in [4.69, 9.17) is 23.2 Å². The number of hydrogen-bond acceptors (Lipinski definition) is 4. The molecule has 0 atom stereocenters. The second-order valence-corrected chi connectivity index (χ2v) is 9.02. The average Bonchev–Trinajstić information content (AvgIpc) is 3.25. The highest BCUT2D eigenvalue weighted by atomic mass is 35.5. The number of amides is 2. The molecule has 0 radical (unpaired) electrons. The van der Waals surface area contributed by atoms with E-state index in [1.807, 2.05) is 36.6 Å². The van der Waals surface area contributed by atoms with Crippen LogP contribution in [0.3, 0.4) is 0 Å². The van der Waals surface area contributed by atoms with Gasteiger partial charge in [-0.2, -0.15) is 0 Å². The van der Waals surface area contributed by atoms with Crippen LogP contribution < -0.4 is 4.90 Å². The average molecular weight is 446 g/mol. The molecule has 4 rings (SSSR count). The van der Waals surface area contributed by atoms with E-state index in [1.54, 1.807) is 30.3 Å². The molecule has 1 aromatic heterocycles. The van der Waals surface area contributed by atoms with Gasteiger partial charge in [-0.05, 0) is 66.4 Å². The minimum atomic E-state index is -0.334. The van der Waals surface area contributed by atoms with E-state index < -0.39 is 0 Å². The first-order valence-corrected chi connectivity index (χ1v) is 10.8. The first-order valence-electron chi connectivity index (χ1n) is 8.32. The van der Waals surface area contributed by atoms with Gasteiger partial charge < -0.3 is 0 Å². The lowest BCUT2D eigenvalue weighted by molar-refractivity contribution is -0.119. The van der Waals surface area contributed by atoms with Crippen LogP contribution >= 0.6 is 46.3 Å². The van der Waals surface area contributed by atoms with Crippen molar-refractivity contribution in [2.75, 3.05) is 4.90 Å². The summed E-state index contributed by atoms with van der Waals surface area (Å²) >= 11 is 14.7. The van der Waals surface area contributed by atoms with E-state index >= 15 is 0 Å². The van der Waals surface area contributed by atoms with Crippen molar-refractivity contribution in [3.05, 3.63) is 85.4 Å². The Morgan fingerprint density at radius 3 is 2.29 bits per heavy atom. The summed E-state index contributed by atoms with van der Waals surface area (Å²) in [5.74, 6) is -0.659. The number of imide groups is 1. The Bertz CT molecular complexity index is 1110. The molecule has 3 nitrogen and oxygen atoms in total. The lowest BCUT2D eigenvalue weighted by Crippen LogP contribution is -2.31. The lowest BCUT2D eigenvalue weighted by atomic mass is 10.1. The number of rotatable bonds is 4. The second kappa shape index (κ2) is 7.76. The van der Waals surface area contributed by atoms with E-state index in [2.05, 4.69) is 0 Å². The van der Waals surface area contributed by atoms with Crippen molar-refractivity contribution in [2.45, 2.75) is 11.8 Å². The predicted octanol–water partition coefficient (Wildman–Crippen LogP) is 6.44. The SMILES string of the molecule is Cc1cc(Cl)ccc1N1C(=O)C(Sc2ccc(Cl)cc2)=C(c2cccs2)C1=O. The monoisotopic (exact) mass is 445 g/mol. The van der Waals surface area contributed by atoms with Crippen LogP contribution in [0.2, 0.25) is 10.0 Å². The second-order valence-electron chi connectivity index (χ2n) is 6.11. The summed E-state index contributed by atoms with van der Waals surface area (Å²) in [4.78, 5) is 29.8. The summed E-state index contributed by atoms with van der Waals surface area (Å²) < 4.78 is 0. The Morgan fingerprint density at radius 1 is 0.929 bits per heavy atom. The number of halogens is 2. The fourth-order valence-electron chi connectivity index (χ4n) is 2.95. The Kier molecular flexibility index (Phi) is 5.34. The van der Waals surface area contributed by atoms with E-state index in [-0.39, 0.29) is 11.8 Å². The molecule has 1 aliphatic heterocycles. The van der Waals surface area contributed by atoms with Crippen molar-refractivity contribution in [1.82, 2.24) is 0 Å². The summed E-state index contributed by atoms with van der Waals surface area (Å²) in [5.41, 5.74) is 1.73. The molecule has 140 valence electrons. The first-order chi connectivity index (χ1) is 13.5. The van der Waals surface area contributed by atoms with Crippen molar-refractivity contribution in [2.24, 2.45) is 0 Å². The quantitative estimate of drug-likeness (QED) is 0.433. The predicted molar refractivity (Wildman–Crippen MR) is 117 cm³/mol. The van der Waals surface area contributed by atoms with Gasteiger partial charge in [0.15, 0.2) is 0 Å². The highest BCUT2D eigenvalue weighted by Gasteiger charge is 2.41. The van der Waals surface area contributed by atoms with Crippen LogP contribution in [0.1, 0.15) is 10.4 Å². The molecule has 0 N–H and O–H groups in total. The molecular weight excluding hydrogens is 433 g/mol. The molecule has 2 amide bonds. The van der Waals surface area contributed by atoms with Gasteiger partial charge >= 0.3 is 0 Å². The molecule has 0 aliphatic carbocycles. The molecule has 0 bridgehead atoms. The Hall–Kier alpha value is -2.05. The molecule has 0 saturated heterocycles. The third kappa shape index (κ3) is 3.51. The maximum Gasteiger partial charge on any atom is 0.272 e. The van der Waals surface area contributed by atoms with Gasteiger partial charge in [0.1, 0.15) is 0 Å². The molecule has 7 heteroatoms. The van der Waals surface area contributed by atoms with E-state index in [9.17, 15) is 9.59 Å². The molecule has 0 fully saturated rings. The molecule has 1 aliphatic rings. The van der Waals surface area contributed by atoms with Crippen LogP contribution in [-0.4, -0.2) is 11.8 Å². The lowest BCUT2D eigenvalue weighted by Gasteiger charge is -2.17. The zero-order valence-corrected chi connectivity index (χ0v) is 17.8. The fraction of sp³-hybridized carbons (Fsp3) is 0.0476. The van der Waals surface area contributed by atoms with Gasteiger partial charge in [-0.3, -0.25) is 9.59 Å². The highest BCUT2D eigenvalue weighted by Crippen LogP contribution is 2.43. The number of thiophene rings is 1. The summed E-state index contributed by atoms with van der Waals surface area (Å²) in [7, 11) is 0. The smallest absolute Gasteiger partial charge is 0.268 e. The normalized spacial score (nSPS) is 14.3. The van der Waals surface area contributed by atoms with Gasteiger partial charge in [-0.15, -0.1) is 11.3 Å². The van der Waals surface area contributed by atoms with Gasteiger partial charge in [0.25, 0.3) is 11.8 Å². The number of thioether (sulfide) groups is 1.